The average molecular weight is 288 g/mol. The third kappa shape index (κ3) is 5.12. The van der Waals surface area contributed by atoms with Crippen molar-refractivity contribution in [1.29, 1.82) is 0 Å². The maximum Gasteiger partial charge on any atom is 0.0446 e. The van der Waals surface area contributed by atoms with Crippen LogP contribution in [0.4, 0.5) is 0 Å². The van der Waals surface area contributed by atoms with Crippen molar-refractivity contribution in [3.05, 3.63) is 35.4 Å². The lowest BCUT2D eigenvalue weighted by Gasteiger charge is -2.27. The molecule has 1 unspecified atom stereocenters. The Morgan fingerprint density at radius 2 is 1.86 bits per heavy atom. The maximum absolute atomic E-state index is 3.52. The zero-order valence-corrected chi connectivity index (χ0v) is 14.1. The Labute approximate surface area is 130 Å². The van der Waals surface area contributed by atoms with E-state index in [4.69, 9.17) is 0 Å². The Morgan fingerprint density at radius 1 is 1.14 bits per heavy atom. The van der Waals surface area contributed by atoms with Crippen molar-refractivity contribution in [2.45, 2.75) is 64.5 Å². The molecule has 0 aliphatic heterocycles. The minimum atomic E-state index is 0.457. The third-order valence-corrected chi connectivity index (χ3v) is 4.55. The molecule has 2 nitrogen and oxygen atoms in total. The van der Waals surface area contributed by atoms with Gasteiger partial charge in [-0.15, -0.1) is 0 Å². The van der Waals surface area contributed by atoms with Crippen molar-refractivity contribution < 1.29 is 0 Å². The van der Waals surface area contributed by atoms with E-state index in [0.29, 0.717) is 6.04 Å². The van der Waals surface area contributed by atoms with Crippen LogP contribution in [0.15, 0.2) is 24.3 Å². The van der Waals surface area contributed by atoms with Gasteiger partial charge in [-0.2, -0.15) is 0 Å². The molecule has 2 heteroatoms. The fraction of sp³-hybridized carbons (Fsp3) is 0.684. The Bertz CT molecular complexity index is 395. The summed E-state index contributed by atoms with van der Waals surface area (Å²) in [6.07, 6.45) is 7.82. The monoisotopic (exact) mass is 288 g/mol. The summed E-state index contributed by atoms with van der Waals surface area (Å²) in [5.74, 6) is 0. The Morgan fingerprint density at radius 3 is 2.38 bits per heavy atom. The van der Waals surface area contributed by atoms with Gasteiger partial charge in [0.15, 0.2) is 0 Å². The minimum absolute atomic E-state index is 0.457. The van der Waals surface area contributed by atoms with Crippen LogP contribution in [0.2, 0.25) is 0 Å². The van der Waals surface area contributed by atoms with Crippen molar-refractivity contribution in [3.8, 4) is 0 Å². The molecule has 1 N–H and O–H groups in total. The molecule has 1 fully saturated rings. The van der Waals surface area contributed by atoms with Gasteiger partial charge < -0.3 is 5.32 Å². The Hall–Kier alpha value is -0.860. The summed E-state index contributed by atoms with van der Waals surface area (Å²) < 4.78 is 0. The molecule has 1 aliphatic rings. The van der Waals surface area contributed by atoms with Gasteiger partial charge in [-0.25, -0.2) is 0 Å². The molecule has 1 aliphatic carbocycles. The molecule has 2 rings (SSSR count). The second kappa shape index (κ2) is 8.55. The van der Waals surface area contributed by atoms with E-state index in [1.165, 1.54) is 56.2 Å². The van der Waals surface area contributed by atoms with E-state index in [0.717, 1.165) is 12.6 Å². The van der Waals surface area contributed by atoms with Gasteiger partial charge in [0.05, 0.1) is 0 Å². The van der Waals surface area contributed by atoms with Crippen molar-refractivity contribution in [2.24, 2.45) is 0 Å². The van der Waals surface area contributed by atoms with E-state index in [1.807, 2.05) is 0 Å². The standard InChI is InChI=1S/C19H32N2/c1-4-6-14-21(18-12-13-18)15-19(20-3)17-10-8-16(7-5-2)9-11-17/h8-11,18-20H,4-7,12-15H2,1-3H3. The fourth-order valence-corrected chi connectivity index (χ4v) is 3.03. The van der Waals surface area contributed by atoms with Crippen LogP contribution in [0, 0.1) is 0 Å². The van der Waals surface area contributed by atoms with Crippen molar-refractivity contribution in [3.63, 3.8) is 0 Å². The van der Waals surface area contributed by atoms with Gasteiger partial charge in [0.25, 0.3) is 0 Å². The minimum Gasteiger partial charge on any atom is -0.312 e. The predicted molar refractivity (Wildman–Crippen MR) is 91.7 cm³/mol. The molecule has 0 radical (unpaired) electrons. The van der Waals surface area contributed by atoms with E-state index in [2.05, 4.69) is 55.4 Å². The average Bonchev–Trinajstić information content (AvgIpc) is 3.34. The van der Waals surface area contributed by atoms with Crippen LogP contribution in [0.3, 0.4) is 0 Å². The summed E-state index contributed by atoms with van der Waals surface area (Å²) in [5.41, 5.74) is 2.89. The fourth-order valence-electron chi connectivity index (χ4n) is 3.03. The van der Waals surface area contributed by atoms with Crippen molar-refractivity contribution in [1.82, 2.24) is 10.2 Å². The molecule has 1 saturated carbocycles. The SMILES string of the molecule is CCCCN(CC(NC)c1ccc(CCC)cc1)C1CC1. The van der Waals surface area contributed by atoms with Gasteiger partial charge in [-0.05, 0) is 50.4 Å². The van der Waals surface area contributed by atoms with E-state index in [9.17, 15) is 0 Å². The van der Waals surface area contributed by atoms with E-state index in [1.54, 1.807) is 0 Å². The summed E-state index contributed by atoms with van der Waals surface area (Å²) >= 11 is 0. The molecule has 0 saturated heterocycles. The number of unbranched alkanes of at least 4 members (excludes halogenated alkanes) is 1. The Balaban J connectivity index is 1.96. The van der Waals surface area contributed by atoms with Gasteiger partial charge in [0, 0.05) is 18.6 Å². The van der Waals surface area contributed by atoms with E-state index >= 15 is 0 Å². The first-order chi connectivity index (χ1) is 10.3. The molecule has 118 valence electrons. The molecule has 0 aromatic heterocycles. The van der Waals surface area contributed by atoms with Crippen molar-refractivity contribution in [2.75, 3.05) is 20.1 Å². The molecular formula is C19H32N2. The van der Waals surface area contributed by atoms with Gasteiger partial charge in [0.2, 0.25) is 0 Å². The number of hydrogen-bond donors (Lipinski definition) is 1. The van der Waals surface area contributed by atoms with Gasteiger partial charge in [0.1, 0.15) is 0 Å². The first-order valence-electron chi connectivity index (χ1n) is 8.78. The van der Waals surface area contributed by atoms with Crippen LogP contribution in [-0.2, 0) is 6.42 Å². The van der Waals surface area contributed by atoms with Crippen LogP contribution < -0.4 is 5.32 Å². The summed E-state index contributed by atoms with van der Waals surface area (Å²) in [6.45, 7) is 6.93. The topological polar surface area (TPSA) is 15.3 Å². The van der Waals surface area contributed by atoms with E-state index < -0.39 is 0 Å². The molecule has 1 atom stereocenters. The normalized spacial score (nSPS) is 16.4. The number of likely N-dealkylation sites (N-methyl/N-ethyl adjacent to an activating group) is 1. The van der Waals surface area contributed by atoms with Gasteiger partial charge >= 0.3 is 0 Å². The van der Waals surface area contributed by atoms with Gasteiger partial charge in [-0.3, -0.25) is 4.90 Å². The third-order valence-electron chi connectivity index (χ3n) is 4.55. The highest BCUT2D eigenvalue weighted by Crippen LogP contribution is 2.29. The number of rotatable bonds is 10. The van der Waals surface area contributed by atoms with Gasteiger partial charge in [-0.1, -0.05) is 51.0 Å². The molecule has 21 heavy (non-hydrogen) atoms. The highest BCUT2D eigenvalue weighted by atomic mass is 15.2. The molecule has 0 bridgehead atoms. The lowest BCUT2D eigenvalue weighted by molar-refractivity contribution is 0.233. The first kappa shape index (κ1) is 16.5. The van der Waals surface area contributed by atoms with Crippen LogP contribution in [0.25, 0.3) is 0 Å². The van der Waals surface area contributed by atoms with Crippen LogP contribution >= 0.6 is 0 Å². The van der Waals surface area contributed by atoms with Crippen molar-refractivity contribution >= 4 is 0 Å². The van der Waals surface area contributed by atoms with Crippen LogP contribution in [-0.4, -0.2) is 31.1 Å². The number of benzene rings is 1. The predicted octanol–water partition coefficient (Wildman–Crippen LogP) is 4.16. The molecule has 0 spiro atoms. The first-order valence-corrected chi connectivity index (χ1v) is 8.78. The summed E-state index contributed by atoms with van der Waals surface area (Å²) in [7, 11) is 2.09. The smallest absolute Gasteiger partial charge is 0.0446 e. The highest BCUT2D eigenvalue weighted by Gasteiger charge is 2.30. The summed E-state index contributed by atoms with van der Waals surface area (Å²) in [4.78, 5) is 2.70. The zero-order chi connectivity index (χ0) is 15.1. The maximum atomic E-state index is 3.52. The van der Waals surface area contributed by atoms with Crippen LogP contribution in [0.1, 0.15) is 63.1 Å². The summed E-state index contributed by atoms with van der Waals surface area (Å²) in [6, 6.07) is 10.5. The highest BCUT2D eigenvalue weighted by molar-refractivity contribution is 5.25. The number of aryl methyl sites for hydroxylation is 1. The Kier molecular flexibility index (Phi) is 6.72. The summed E-state index contributed by atoms with van der Waals surface area (Å²) in [5, 5.41) is 3.52. The number of hydrogen-bond acceptors (Lipinski definition) is 2. The quantitative estimate of drug-likeness (QED) is 0.695. The second-order valence-electron chi connectivity index (χ2n) is 6.41. The number of nitrogens with one attached hydrogen (secondary N) is 1. The number of nitrogens with zero attached hydrogens (tertiary/aromatic N) is 1. The van der Waals surface area contributed by atoms with E-state index in [-0.39, 0.29) is 0 Å². The largest absolute Gasteiger partial charge is 0.312 e. The molecular weight excluding hydrogens is 256 g/mol. The molecule has 1 aromatic rings. The molecule has 1 aromatic carbocycles. The zero-order valence-electron chi connectivity index (χ0n) is 14.1. The second-order valence-corrected chi connectivity index (χ2v) is 6.41. The molecule has 0 amide bonds. The lowest BCUT2D eigenvalue weighted by atomic mass is 10.0. The molecule has 0 heterocycles. The van der Waals surface area contributed by atoms with Crippen LogP contribution in [0.5, 0.6) is 0 Å². The lowest BCUT2D eigenvalue weighted by Crippen LogP contribution is -2.36.